The number of carbonyl (C=O) groups excluding carboxylic acids is 1. The second-order valence-corrected chi connectivity index (χ2v) is 4.86. The van der Waals surface area contributed by atoms with Gasteiger partial charge in [-0.1, -0.05) is 0 Å². The molecular weight excluding hydrogens is 240 g/mol. The maximum Gasteiger partial charge on any atom is 0.251 e. The van der Waals surface area contributed by atoms with Gasteiger partial charge in [-0.15, -0.1) is 12.4 Å². The summed E-state index contributed by atoms with van der Waals surface area (Å²) in [5.74, 6) is 0.812. The molecule has 5 heteroatoms. The van der Waals surface area contributed by atoms with Gasteiger partial charge in [0.15, 0.2) is 0 Å². The number of piperidine rings is 1. The third kappa shape index (κ3) is 3.83. The molecule has 17 heavy (non-hydrogen) atoms. The highest BCUT2D eigenvalue weighted by molar-refractivity contribution is 5.85. The Morgan fingerprint density at radius 3 is 2.47 bits per heavy atom. The molecule has 1 unspecified atom stereocenters. The molecule has 1 atom stereocenters. The lowest BCUT2D eigenvalue weighted by atomic mass is 9.96. The summed E-state index contributed by atoms with van der Waals surface area (Å²) < 4.78 is 5.53. The summed E-state index contributed by atoms with van der Waals surface area (Å²) in [4.78, 5) is 14.1. The molecule has 0 radical (unpaired) electrons. The fourth-order valence-corrected chi connectivity index (χ4v) is 2.53. The normalized spacial score (nSPS) is 26.4. The van der Waals surface area contributed by atoms with Crippen molar-refractivity contribution in [2.24, 2.45) is 11.7 Å². The van der Waals surface area contributed by atoms with Gasteiger partial charge in [0.1, 0.15) is 6.10 Å². The Labute approximate surface area is 109 Å². The van der Waals surface area contributed by atoms with Gasteiger partial charge in [0, 0.05) is 19.7 Å². The van der Waals surface area contributed by atoms with E-state index in [-0.39, 0.29) is 24.4 Å². The first-order chi connectivity index (χ1) is 7.81. The van der Waals surface area contributed by atoms with Crippen LogP contribution in [0.15, 0.2) is 0 Å². The van der Waals surface area contributed by atoms with Crippen LogP contribution in [-0.4, -0.2) is 43.2 Å². The van der Waals surface area contributed by atoms with Crippen molar-refractivity contribution in [1.29, 1.82) is 0 Å². The number of hydrogen-bond donors (Lipinski definition) is 1. The molecule has 100 valence electrons. The van der Waals surface area contributed by atoms with Crippen LogP contribution in [-0.2, 0) is 9.53 Å². The summed E-state index contributed by atoms with van der Waals surface area (Å²) in [6.07, 6.45) is 5.05. The number of halogens is 1. The van der Waals surface area contributed by atoms with E-state index in [1.165, 1.54) is 0 Å². The third-order valence-electron chi connectivity index (χ3n) is 3.71. The minimum Gasteiger partial charge on any atom is -0.368 e. The van der Waals surface area contributed by atoms with E-state index in [0.717, 1.165) is 58.3 Å². The average molecular weight is 263 g/mol. The van der Waals surface area contributed by atoms with Crippen molar-refractivity contribution in [1.82, 2.24) is 4.90 Å². The van der Waals surface area contributed by atoms with Gasteiger partial charge in [-0.25, -0.2) is 0 Å². The molecular formula is C12H23ClN2O2. The molecule has 0 spiro atoms. The van der Waals surface area contributed by atoms with E-state index in [1.807, 2.05) is 4.90 Å². The van der Waals surface area contributed by atoms with E-state index in [0.29, 0.717) is 5.92 Å². The second-order valence-electron chi connectivity index (χ2n) is 4.86. The molecule has 0 aromatic carbocycles. The smallest absolute Gasteiger partial charge is 0.251 e. The summed E-state index contributed by atoms with van der Waals surface area (Å²) in [7, 11) is 0. The van der Waals surface area contributed by atoms with Crippen molar-refractivity contribution in [2.45, 2.75) is 38.2 Å². The SMILES string of the molecule is Cl.NCC1CCN(C(=O)C2CCCCO2)CC1. The van der Waals surface area contributed by atoms with E-state index in [4.69, 9.17) is 10.5 Å². The van der Waals surface area contributed by atoms with Crippen LogP contribution in [0, 0.1) is 5.92 Å². The number of carbonyl (C=O) groups is 1. The highest BCUT2D eigenvalue weighted by Gasteiger charge is 2.29. The maximum atomic E-state index is 12.1. The van der Waals surface area contributed by atoms with Crippen molar-refractivity contribution in [3.05, 3.63) is 0 Å². The Balaban J connectivity index is 0.00000144. The fraction of sp³-hybridized carbons (Fsp3) is 0.917. The Morgan fingerprint density at radius 2 is 1.94 bits per heavy atom. The number of rotatable bonds is 2. The predicted molar refractivity (Wildman–Crippen MR) is 69.2 cm³/mol. The van der Waals surface area contributed by atoms with Crippen molar-refractivity contribution in [3.8, 4) is 0 Å². The van der Waals surface area contributed by atoms with Crippen LogP contribution in [0.1, 0.15) is 32.1 Å². The lowest BCUT2D eigenvalue weighted by molar-refractivity contribution is -0.147. The number of hydrogen-bond acceptors (Lipinski definition) is 3. The van der Waals surface area contributed by atoms with Gasteiger partial charge < -0.3 is 15.4 Å². The minimum atomic E-state index is -0.164. The third-order valence-corrected chi connectivity index (χ3v) is 3.71. The molecule has 2 aliphatic heterocycles. The summed E-state index contributed by atoms with van der Waals surface area (Å²) in [5, 5.41) is 0. The standard InChI is InChI=1S/C12H22N2O2.ClH/c13-9-10-4-6-14(7-5-10)12(15)11-3-1-2-8-16-11;/h10-11H,1-9,13H2;1H. The zero-order valence-electron chi connectivity index (χ0n) is 10.3. The molecule has 2 aliphatic rings. The monoisotopic (exact) mass is 262 g/mol. The molecule has 2 fully saturated rings. The largest absolute Gasteiger partial charge is 0.368 e. The molecule has 0 aromatic rings. The molecule has 4 nitrogen and oxygen atoms in total. The van der Waals surface area contributed by atoms with Crippen LogP contribution < -0.4 is 5.73 Å². The van der Waals surface area contributed by atoms with Crippen molar-refractivity contribution in [2.75, 3.05) is 26.2 Å². The molecule has 0 saturated carbocycles. The Hall–Kier alpha value is -0.320. The van der Waals surface area contributed by atoms with E-state index in [1.54, 1.807) is 0 Å². The number of nitrogens with two attached hydrogens (primary N) is 1. The van der Waals surface area contributed by atoms with E-state index in [2.05, 4.69) is 0 Å². The Morgan fingerprint density at radius 1 is 1.24 bits per heavy atom. The van der Waals surface area contributed by atoms with Crippen LogP contribution in [0.25, 0.3) is 0 Å². The zero-order chi connectivity index (χ0) is 11.4. The summed E-state index contributed by atoms with van der Waals surface area (Å²) in [6.45, 7) is 3.22. The van der Waals surface area contributed by atoms with Crippen LogP contribution in [0.3, 0.4) is 0 Å². The lowest BCUT2D eigenvalue weighted by Crippen LogP contribution is -2.46. The van der Waals surface area contributed by atoms with Crippen LogP contribution in [0.4, 0.5) is 0 Å². The van der Waals surface area contributed by atoms with Gasteiger partial charge in [-0.2, -0.15) is 0 Å². The summed E-state index contributed by atoms with van der Waals surface area (Å²) >= 11 is 0. The first kappa shape index (κ1) is 14.7. The highest BCUT2D eigenvalue weighted by Crippen LogP contribution is 2.20. The van der Waals surface area contributed by atoms with Crippen molar-refractivity contribution >= 4 is 18.3 Å². The van der Waals surface area contributed by atoms with Crippen molar-refractivity contribution in [3.63, 3.8) is 0 Å². The molecule has 0 aliphatic carbocycles. The Kier molecular flexibility index (Phi) is 6.23. The minimum absolute atomic E-state index is 0. The molecule has 1 amide bonds. The lowest BCUT2D eigenvalue weighted by Gasteiger charge is -2.34. The van der Waals surface area contributed by atoms with Gasteiger partial charge in [-0.05, 0) is 44.6 Å². The van der Waals surface area contributed by atoms with Gasteiger partial charge in [0.05, 0.1) is 0 Å². The highest BCUT2D eigenvalue weighted by atomic mass is 35.5. The predicted octanol–water partition coefficient (Wildman–Crippen LogP) is 1.17. The van der Waals surface area contributed by atoms with Gasteiger partial charge in [0.2, 0.25) is 0 Å². The number of ether oxygens (including phenoxy) is 1. The quantitative estimate of drug-likeness (QED) is 0.813. The topological polar surface area (TPSA) is 55.6 Å². The van der Waals surface area contributed by atoms with Crippen LogP contribution in [0.2, 0.25) is 0 Å². The summed E-state index contributed by atoms with van der Waals surface area (Å²) in [6, 6.07) is 0. The zero-order valence-corrected chi connectivity index (χ0v) is 11.1. The van der Waals surface area contributed by atoms with Crippen LogP contribution in [0.5, 0.6) is 0 Å². The molecule has 2 rings (SSSR count). The van der Waals surface area contributed by atoms with Gasteiger partial charge >= 0.3 is 0 Å². The van der Waals surface area contributed by atoms with E-state index >= 15 is 0 Å². The average Bonchev–Trinajstić information content (AvgIpc) is 2.39. The number of likely N-dealkylation sites (tertiary alicyclic amines) is 1. The Bertz CT molecular complexity index is 237. The molecule has 0 aromatic heterocycles. The molecule has 2 heterocycles. The van der Waals surface area contributed by atoms with Gasteiger partial charge in [-0.3, -0.25) is 4.79 Å². The van der Waals surface area contributed by atoms with E-state index in [9.17, 15) is 4.79 Å². The first-order valence-electron chi connectivity index (χ1n) is 6.41. The van der Waals surface area contributed by atoms with Crippen molar-refractivity contribution < 1.29 is 9.53 Å². The van der Waals surface area contributed by atoms with Gasteiger partial charge in [0.25, 0.3) is 5.91 Å². The summed E-state index contributed by atoms with van der Waals surface area (Å²) in [5.41, 5.74) is 5.64. The maximum absolute atomic E-state index is 12.1. The number of amides is 1. The fourth-order valence-electron chi connectivity index (χ4n) is 2.53. The molecule has 2 N–H and O–H groups in total. The molecule has 0 bridgehead atoms. The van der Waals surface area contributed by atoms with Crippen LogP contribution >= 0.6 is 12.4 Å². The second kappa shape index (κ2) is 7.19. The van der Waals surface area contributed by atoms with E-state index < -0.39 is 0 Å². The number of nitrogens with zero attached hydrogens (tertiary/aromatic N) is 1. The molecule has 2 saturated heterocycles. The first-order valence-corrected chi connectivity index (χ1v) is 6.41.